The Morgan fingerprint density at radius 1 is 1.23 bits per heavy atom. The van der Waals surface area contributed by atoms with E-state index in [2.05, 4.69) is 14.8 Å². The van der Waals surface area contributed by atoms with Gasteiger partial charge in [0.25, 0.3) is 5.91 Å². The number of fused-ring (bicyclic) bond motifs is 1. The highest BCUT2D eigenvalue weighted by atomic mass is 19.1. The lowest BCUT2D eigenvalue weighted by Crippen LogP contribution is -2.57. The minimum Gasteiger partial charge on any atom is -0.468 e. The van der Waals surface area contributed by atoms with E-state index in [0.29, 0.717) is 58.0 Å². The number of rotatable bonds is 5. The second kappa shape index (κ2) is 9.57. The highest BCUT2D eigenvalue weighted by Crippen LogP contribution is 2.22. The summed E-state index contributed by atoms with van der Waals surface area (Å²) in [6.07, 6.45) is 2.94. The van der Waals surface area contributed by atoms with Crippen LogP contribution in [0.4, 0.5) is 4.39 Å². The van der Waals surface area contributed by atoms with E-state index in [1.165, 1.54) is 18.3 Å². The molecule has 0 unspecified atom stereocenters. The van der Waals surface area contributed by atoms with Crippen molar-refractivity contribution in [1.82, 2.24) is 19.7 Å². The molecule has 0 radical (unpaired) electrons. The van der Waals surface area contributed by atoms with Crippen LogP contribution in [0.25, 0.3) is 0 Å². The van der Waals surface area contributed by atoms with Crippen LogP contribution in [0.2, 0.25) is 0 Å². The zero-order chi connectivity index (χ0) is 21.8. The average molecular weight is 430 g/mol. The molecule has 9 heteroatoms. The van der Waals surface area contributed by atoms with Gasteiger partial charge in [-0.05, 0) is 25.1 Å². The average Bonchev–Trinajstić information content (AvgIpc) is 3.19. The van der Waals surface area contributed by atoms with Crippen molar-refractivity contribution in [2.45, 2.75) is 19.5 Å². The molecule has 2 atom stereocenters. The summed E-state index contributed by atoms with van der Waals surface area (Å²) in [5.74, 6) is -0.507. The lowest BCUT2D eigenvalue weighted by molar-refractivity contribution is -0.149. The number of esters is 1. The Kier molecular flexibility index (Phi) is 6.62. The van der Waals surface area contributed by atoms with Gasteiger partial charge in [-0.25, -0.2) is 4.98 Å². The van der Waals surface area contributed by atoms with E-state index in [9.17, 15) is 14.0 Å². The Morgan fingerprint density at radius 3 is 2.84 bits per heavy atom. The Hall–Kier alpha value is -2.78. The maximum Gasteiger partial charge on any atom is 0.311 e. The van der Waals surface area contributed by atoms with Crippen LogP contribution in [0.15, 0.2) is 41.1 Å². The number of furan rings is 1. The molecule has 0 bridgehead atoms. The van der Waals surface area contributed by atoms with Crippen LogP contribution in [-0.4, -0.2) is 83.5 Å². The van der Waals surface area contributed by atoms with Gasteiger partial charge in [0.15, 0.2) is 0 Å². The fourth-order valence-electron chi connectivity index (χ4n) is 4.40. The Balaban J connectivity index is 1.50. The van der Waals surface area contributed by atoms with Gasteiger partial charge in [0, 0.05) is 63.1 Å². The van der Waals surface area contributed by atoms with E-state index in [1.54, 1.807) is 11.2 Å². The van der Waals surface area contributed by atoms with Crippen LogP contribution in [0, 0.1) is 11.9 Å². The van der Waals surface area contributed by atoms with Crippen molar-refractivity contribution >= 4 is 11.9 Å². The first-order chi connectivity index (χ1) is 15.0. The van der Waals surface area contributed by atoms with Crippen molar-refractivity contribution in [2.75, 3.05) is 45.9 Å². The third-order valence-corrected chi connectivity index (χ3v) is 5.85. The third-order valence-electron chi connectivity index (χ3n) is 5.85. The summed E-state index contributed by atoms with van der Waals surface area (Å²) in [5, 5.41) is 0. The molecule has 0 spiro atoms. The molecule has 0 N–H and O–H groups in total. The predicted octanol–water partition coefficient (Wildman–Crippen LogP) is 1.64. The summed E-state index contributed by atoms with van der Waals surface area (Å²) in [4.78, 5) is 35.2. The van der Waals surface area contributed by atoms with Gasteiger partial charge >= 0.3 is 5.97 Å². The zero-order valence-corrected chi connectivity index (χ0v) is 17.6. The molecule has 166 valence electrons. The summed E-state index contributed by atoms with van der Waals surface area (Å²) < 4.78 is 24.3. The number of aromatic nitrogens is 1. The monoisotopic (exact) mass is 430 g/mol. The lowest BCUT2D eigenvalue weighted by Gasteiger charge is -2.41. The van der Waals surface area contributed by atoms with Crippen molar-refractivity contribution in [3.05, 3.63) is 54.0 Å². The minimum absolute atomic E-state index is 0.0544. The van der Waals surface area contributed by atoms with Crippen molar-refractivity contribution in [2.24, 2.45) is 5.92 Å². The molecule has 0 aliphatic carbocycles. The van der Waals surface area contributed by atoms with Gasteiger partial charge in [0.1, 0.15) is 5.76 Å². The molecule has 4 rings (SSSR count). The highest BCUT2D eigenvalue weighted by molar-refractivity contribution is 5.94. The first-order valence-electron chi connectivity index (χ1n) is 10.6. The molecule has 0 saturated carbocycles. The SMILES string of the molecule is CCOC(=O)[C@@H]1CN(Cc2ccco2)C[C@H]2CN(C(=O)c3ccnc(F)c3)CCN2C1. The third kappa shape index (κ3) is 5.11. The van der Waals surface area contributed by atoms with Gasteiger partial charge in [0.05, 0.1) is 25.3 Å². The van der Waals surface area contributed by atoms with E-state index in [0.717, 1.165) is 5.76 Å². The van der Waals surface area contributed by atoms with Gasteiger partial charge in [-0.3, -0.25) is 19.4 Å². The largest absolute Gasteiger partial charge is 0.468 e. The van der Waals surface area contributed by atoms with Crippen LogP contribution in [0.5, 0.6) is 0 Å². The number of piperazine rings is 1. The lowest BCUT2D eigenvalue weighted by atomic mass is 10.1. The second-order valence-corrected chi connectivity index (χ2v) is 7.99. The van der Waals surface area contributed by atoms with E-state index in [1.807, 2.05) is 19.1 Å². The zero-order valence-electron chi connectivity index (χ0n) is 17.6. The first kappa shape index (κ1) is 21.5. The molecule has 2 aliphatic rings. The van der Waals surface area contributed by atoms with Gasteiger partial charge < -0.3 is 14.1 Å². The number of hydrogen-bond acceptors (Lipinski definition) is 7. The predicted molar refractivity (Wildman–Crippen MR) is 110 cm³/mol. The summed E-state index contributed by atoms with van der Waals surface area (Å²) >= 11 is 0. The van der Waals surface area contributed by atoms with Crippen LogP contribution in [0.1, 0.15) is 23.0 Å². The number of nitrogens with zero attached hydrogens (tertiary/aromatic N) is 4. The summed E-state index contributed by atoms with van der Waals surface area (Å²) in [6, 6.07) is 6.51. The number of pyridine rings is 1. The molecule has 2 fully saturated rings. The molecule has 2 saturated heterocycles. The fourth-order valence-corrected chi connectivity index (χ4v) is 4.40. The molecule has 0 aromatic carbocycles. The fraction of sp³-hybridized carbons (Fsp3) is 0.500. The van der Waals surface area contributed by atoms with Gasteiger partial charge in [-0.1, -0.05) is 0 Å². The quantitative estimate of drug-likeness (QED) is 0.527. The minimum atomic E-state index is -0.666. The molecular weight excluding hydrogens is 403 g/mol. The molecule has 2 aliphatic heterocycles. The van der Waals surface area contributed by atoms with Crippen molar-refractivity contribution in [3.8, 4) is 0 Å². The van der Waals surface area contributed by atoms with E-state index < -0.39 is 5.95 Å². The van der Waals surface area contributed by atoms with Gasteiger partial charge in [-0.2, -0.15) is 4.39 Å². The van der Waals surface area contributed by atoms with Gasteiger partial charge in [-0.15, -0.1) is 0 Å². The standard InChI is InChI=1S/C22H27FN4O4/c1-2-30-22(29)17-11-25(15-19-4-3-9-31-19)13-18-14-27(8-7-26(18)12-17)21(28)16-5-6-24-20(23)10-16/h3-6,9-10,17-18H,2,7-8,11-15H2,1H3/t17-,18+/m1/s1. The Morgan fingerprint density at radius 2 is 2.10 bits per heavy atom. The number of carbonyl (C=O) groups is 2. The smallest absolute Gasteiger partial charge is 0.311 e. The molecule has 8 nitrogen and oxygen atoms in total. The number of carbonyl (C=O) groups excluding carboxylic acids is 2. The van der Waals surface area contributed by atoms with Crippen molar-refractivity contribution < 1.29 is 23.1 Å². The molecular formula is C22H27FN4O4. The van der Waals surface area contributed by atoms with Crippen LogP contribution >= 0.6 is 0 Å². The normalized spacial score (nSPS) is 22.6. The summed E-state index contributed by atoms with van der Waals surface area (Å²) in [5.41, 5.74) is 0.298. The van der Waals surface area contributed by atoms with Crippen LogP contribution in [0.3, 0.4) is 0 Å². The number of ether oxygens (including phenoxy) is 1. The number of amides is 1. The van der Waals surface area contributed by atoms with Crippen LogP contribution < -0.4 is 0 Å². The maximum absolute atomic E-state index is 13.5. The summed E-state index contributed by atoms with van der Waals surface area (Å²) in [7, 11) is 0. The molecule has 31 heavy (non-hydrogen) atoms. The molecule has 2 aromatic heterocycles. The van der Waals surface area contributed by atoms with Crippen molar-refractivity contribution in [3.63, 3.8) is 0 Å². The topological polar surface area (TPSA) is 79.1 Å². The van der Waals surface area contributed by atoms with E-state index in [-0.39, 0.29) is 23.8 Å². The number of hydrogen-bond donors (Lipinski definition) is 0. The summed E-state index contributed by atoms with van der Waals surface area (Å²) in [6.45, 7) is 6.25. The number of halogens is 1. The molecule has 2 aromatic rings. The van der Waals surface area contributed by atoms with Crippen molar-refractivity contribution in [1.29, 1.82) is 0 Å². The highest BCUT2D eigenvalue weighted by Gasteiger charge is 2.38. The van der Waals surface area contributed by atoms with E-state index >= 15 is 0 Å². The second-order valence-electron chi connectivity index (χ2n) is 7.99. The first-order valence-corrected chi connectivity index (χ1v) is 10.6. The van der Waals surface area contributed by atoms with Crippen LogP contribution in [-0.2, 0) is 16.1 Å². The van der Waals surface area contributed by atoms with Gasteiger partial charge in [0.2, 0.25) is 5.95 Å². The molecule has 4 heterocycles. The Bertz CT molecular complexity index is 907. The maximum atomic E-state index is 13.5. The molecule has 1 amide bonds. The Labute approximate surface area is 180 Å². The van der Waals surface area contributed by atoms with E-state index in [4.69, 9.17) is 9.15 Å².